The van der Waals surface area contributed by atoms with Crippen LogP contribution in [-0.4, -0.2) is 15.0 Å². The van der Waals surface area contributed by atoms with Gasteiger partial charge in [0.1, 0.15) is 11.5 Å². The Hall–Kier alpha value is -1.48. The molecule has 0 radical (unpaired) electrons. The summed E-state index contributed by atoms with van der Waals surface area (Å²) in [5.74, 6) is 0.586. The van der Waals surface area contributed by atoms with E-state index in [1.807, 2.05) is 24.3 Å². The van der Waals surface area contributed by atoms with Gasteiger partial charge in [0, 0.05) is 10.2 Å². The highest BCUT2D eigenvalue weighted by Gasteiger charge is 2.42. The predicted octanol–water partition coefficient (Wildman–Crippen LogP) is 4.72. The Labute approximate surface area is 133 Å². The average Bonchev–Trinajstić information content (AvgIpc) is 2.50. The van der Waals surface area contributed by atoms with E-state index < -0.39 is 0 Å². The van der Waals surface area contributed by atoms with Gasteiger partial charge in [0.05, 0.1) is 0 Å². The molecule has 0 spiro atoms. The number of alkyl halides is 1. The van der Waals surface area contributed by atoms with Gasteiger partial charge in [0.15, 0.2) is 0 Å². The van der Waals surface area contributed by atoms with Crippen molar-refractivity contribution in [2.24, 2.45) is 0 Å². The minimum absolute atomic E-state index is 0.0976. The Morgan fingerprint density at radius 2 is 1.29 bits per heavy atom. The summed E-state index contributed by atoms with van der Waals surface area (Å²) in [6.45, 7) is 0. The predicted molar refractivity (Wildman–Crippen MR) is 88.2 cm³/mol. The van der Waals surface area contributed by atoms with Gasteiger partial charge in [0.2, 0.25) is 0 Å². The van der Waals surface area contributed by atoms with Crippen LogP contribution in [0.3, 0.4) is 0 Å². The van der Waals surface area contributed by atoms with Gasteiger partial charge in [-0.1, -0.05) is 53.0 Å². The molecule has 110 valence electrons. The van der Waals surface area contributed by atoms with Crippen LogP contribution < -0.4 is 0 Å². The highest BCUT2D eigenvalue weighted by Crippen LogP contribution is 2.48. The molecule has 2 aromatic carbocycles. The number of rotatable bonds is 2. The van der Waals surface area contributed by atoms with E-state index >= 15 is 0 Å². The van der Waals surface area contributed by atoms with Crippen molar-refractivity contribution in [3.05, 3.63) is 59.7 Å². The lowest BCUT2D eigenvalue weighted by atomic mass is 9.65. The van der Waals surface area contributed by atoms with Gasteiger partial charge in [-0.25, -0.2) is 0 Å². The molecular weight excluding hydrogens is 328 g/mol. The van der Waals surface area contributed by atoms with Crippen LogP contribution in [0.25, 0.3) is 0 Å². The van der Waals surface area contributed by atoms with Gasteiger partial charge in [-0.05, 0) is 48.2 Å². The molecule has 0 aromatic heterocycles. The van der Waals surface area contributed by atoms with Crippen molar-refractivity contribution in [1.82, 2.24) is 0 Å². The molecule has 0 heterocycles. The van der Waals surface area contributed by atoms with Crippen molar-refractivity contribution in [2.75, 3.05) is 0 Å². The van der Waals surface area contributed by atoms with E-state index in [0.29, 0.717) is 16.3 Å². The number of hydrogen-bond donors (Lipinski definition) is 2. The molecule has 3 rings (SSSR count). The first-order valence-electron chi connectivity index (χ1n) is 7.36. The fourth-order valence-electron chi connectivity index (χ4n) is 3.47. The highest BCUT2D eigenvalue weighted by atomic mass is 79.9. The van der Waals surface area contributed by atoms with E-state index in [0.717, 1.165) is 12.8 Å². The maximum Gasteiger partial charge on any atom is 0.115 e. The van der Waals surface area contributed by atoms with Crippen LogP contribution in [0.4, 0.5) is 0 Å². The first kappa shape index (κ1) is 14.5. The van der Waals surface area contributed by atoms with E-state index in [2.05, 4.69) is 15.9 Å². The number of halogens is 1. The smallest absolute Gasteiger partial charge is 0.115 e. The fourth-order valence-corrected chi connectivity index (χ4v) is 4.55. The largest absolute Gasteiger partial charge is 0.508 e. The summed E-state index contributed by atoms with van der Waals surface area (Å²) in [6.07, 6.45) is 4.61. The Kier molecular flexibility index (Phi) is 3.94. The van der Waals surface area contributed by atoms with Crippen molar-refractivity contribution < 1.29 is 10.2 Å². The Morgan fingerprint density at radius 1 is 0.810 bits per heavy atom. The van der Waals surface area contributed by atoms with Crippen LogP contribution in [-0.2, 0) is 5.41 Å². The molecule has 1 saturated carbocycles. The zero-order chi connectivity index (χ0) is 14.9. The van der Waals surface area contributed by atoms with Crippen molar-refractivity contribution in [2.45, 2.75) is 35.9 Å². The zero-order valence-electron chi connectivity index (χ0n) is 11.8. The van der Waals surface area contributed by atoms with E-state index in [-0.39, 0.29) is 5.41 Å². The lowest BCUT2D eigenvalue weighted by molar-refractivity contribution is 0.362. The number of phenols is 2. The van der Waals surface area contributed by atoms with Crippen LogP contribution in [0, 0.1) is 0 Å². The van der Waals surface area contributed by atoms with Crippen molar-refractivity contribution in [1.29, 1.82) is 0 Å². The third-order valence-electron chi connectivity index (χ3n) is 4.58. The number of hydrogen-bond acceptors (Lipinski definition) is 2. The summed E-state index contributed by atoms with van der Waals surface area (Å²) in [5.41, 5.74) is 2.33. The molecule has 0 aliphatic heterocycles. The topological polar surface area (TPSA) is 40.5 Å². The molecule has 0 bridgehead atoms. The van der Waals surface area contributed by atoms with Crippen molar-refractivity contribution >= 4 is 15.9 Å². The molecule has 1 unspecified atom stereocenters. The molecule has 2 aromatic rings. The number of phenolic OH excluding ortho intramolecular Hbond substituents is 2. The quantitative estimate of drug-likeness (QED) is 0.772. The Morgan fingerprint density at radius 3 is 1.71 bits per heavy atom. The molecule has 3 heteroatoms. The standard InChI is InChI=1S/C18H19BrO2/c19-17-3-1-2-12-18(17,13-4-8-15(20)9-5-13)14-6-10-16(21)11-7-14/h4-11,17,20-21H,1-3,12H2. The summed E-state index contributed by atoms with van der Waals surface area (Å²) in [6, 6.07) is 15.1. The van der Waals surface area contributed by atoms with Crippen LogP contribution in [0.2, 0.25) is 0 Å². The minimum Gasteiger partial charge on any atom is -0.508 e. The van der Waals surface area contributed by atoms with E-state index in [1.54, 1.807) is 24.3 Å². The maximum atomic E-state index is 9.57. The summed E-state index contributed by atoms with van der Waals surface area (Å²) >= 11 is 3.90. The Balaban J connectivity index is 2.14. The molecule has 21 heavy (non-hydrogen) atoms. The molecule has 1 aliphatic carbocycles. The summed E-state index contributed by atoms with van der Waals surface area (Å²) in [4.78, 5) is 0.354. The first-order valence-corrected chi connectivity index (χ1v) is 8.27. The summed E-state index contributed by atoms with van der Waals surface area (Å²) in [7, 11) is 0. The second kappa shape index (κ2) is 5.72. The lowest BCUT2D eigenvalue weighted by Gasteiger charge is -2.43. The van der Waals surface area contributed by atoms with Crippen molar-refractivity contribution in [3.63, 3.8) is 0 Å². The second-order valence-electron chi connectivity index (χ2n) is 5.78. The molecule has 1 fully saturated rings. The van der Waals surface area contributed by atoms with Gasteiger partial charge in [0.25, 0.3) is 0 Å². The van der Waals surface area contributed by atoms with E-state index in [9.17, 15) is 10.2 Å². The van der Waals surface area contributed by atoms with Crippen LogP contribution in [0.1, 0.15) is 36.8 Å². The SMILES string of the molecule is Oc1ccc(C2(c3ccc(O)cc3)CCCCC2Br)cc1. The molecule has 2 nitrogen and oxygen atoms in total. The first-order chi connectivity index (χ1) is 10.1. The molecular formula is C18H19BrO2. The van der Waals surface area contributed by atoms with Crippen LogP contribution in [0.15, 0.2) is 48.5 Å². The number of benzene rings is 2. The van der Waals surface area contributed by atoms with Crippen LogP contribution in [0.5, 0.6) is 11.5 Å². The fraction of sp³-hybridized carbons (Fsp3) is 0.333. The molecule has 0 saturated heterocycles. The second-order valence-corrected chi connectivity index (χ2v) is 6.88. The van der Waals surface area contributed by atoms with E-state index in [4.69, 9.17) is 0 Å². The van der Waals surface area contributed by atoms with Gasteiger partial charge in [-0.3, -0.25) is 0 Å². The van der Waals surface area contributed by atoms with E-state index in [1.165, 1.54) is 24.0 Å². The summed E-state index contributed by atoms with van der Waals surface area (Å²) in [5, 5.41) is 19.1. The minimum atomic E-state index is -0.0976. The normalized spacial score (nSPS) is 21.1. The van der Waals surface area contributed by atoms with Gasteiger partial charge < -0.3 is 10.2 Å². The van der Waals surface area contributed by atoms with Gasteiger partial charge in [-0.2, -0.15) is 0 Å². The maximum absolute atomic E-state index is 9.57. The molecule has 0 amide bonds. The third kappa shape index (κ3) is 2.55. The monoisotopic (exact) mass is 346 g/mol. The highest BCUT2D eigenvalue weighted by molar-refractivity contribution is 9.09. The molecule has 2 N–H and O–H groups in total. The molecule has 1 aliphatic rings. The zero-order valence-corrected chi connectivity index (χ0v) is 13.4. The molecule has 1 atom stereocenters. The van der Waals surface area contributed by atoms with Gasteiger partial charge in [-0.15, -0.1) is 0 Å². The summed E-state index contributed by atoms with van der Waals surface area (Å²) < 4.78 is 0. The van der Waals surface area contributed by atoms with Gasteiger partial charge >= 0.3 is 0 Å². The average molecular weight is 347 g/mol. The van der Waals surface area contributed by atoms with Crippen LogP contribution >= 0.6 is 15.9 Å². The van der Waals surface area contributed by atoms with Crippen molar-refractivity contribution in [3.8, 4) is 11.5 Å². The lowest BCUT2D eigenvalue weighted by Crippen LogP contribution is -2.39. The number of aromatic hydroxyl groups is 2. The Bertz CT molecular complexity index is 559. The third-order valence-corrected chi connectivity index (χ3v) is 5.82.